The molecule has 0 saturated carbocycles. The van der Waals surface area contributed by atoms with Crippen LogP contribution in [0.15, 0.2) is 17.5 Å². The minimum absolute atomic E-state index is 0.191. The summed E-state index contributed by atoms with van der Waals surface area (Å²) in [5.41, 5.74) is 0.191. The zero-order valence-corrected chi connectivity index (χ0v) is 13.2. The molecule has 2 saturated heterocycles. The van der Waals surface area contributed by atoms with E-state index in [-0.39, 0.29) is 5.60 Å². The zero-order chi connectivity index (χ0) is 13.1. The topological polar surface area (TPSA) is 21.3 Å². The van der Waals surface area contributed by atoms with Crippen molar-refractivity contribution < 1.29 is 4.74 Å². The fraction of sp³-hybridized carbons (Fsp3) is 0.733. The Balaban J connectivity index is 1.59. The Morgan fingerprint density at radius 3 is 3.00 bits per heavy atom. The first kappa shape index (κ1) is 13.9. The van der Waals surface area contributed by atoms with Gasteiger partial charge < -0.3 is 10.1 Å². The second kappa shape index (κ2) is 6.17. The Labute approximate surface area is 124 Å². The molecule has 0 radical (unpaired) electrons. The maximum absolute atomic E-state index is 6.16. The van der Waals surface area contributed by atoms with E-state index < -0.39 is 0 Å². The van der Waals surface area contributed by atoms with E-state index in [2.05, 4.69) is 41.5 Å². The first-order valence-electron chi connectivity index (χ1n) is 7.29. The third kappa shape index (κ3) is 3.35. The highest BCUT2D eigenvalue weighted by Crippen LogP contribution is 2.38. The molecule has 3 rings (SSSR count). The van der Waals surface area contributed by atoms with Crippen LogP contribution in [0.4, 0.5) is 0 Å². The molecule has 1 unspecified atom stereocenters. The minimum atomic E-state index is 0.191. The molecular formula is C15H23NOS2. The number of hydrogen-bond donors (Lipinski definition) is 1. The summed E-state index contributed by atoms with van der Waals surface area (Å²) in [5.74, 6) is 2.54. The van der Waals surface area contributed by atoms with E-state index in [1.54, 1.807) is 0 Å². The lowest BCUT2D eigenvalue weighted by Gasteiger charge is -2.44. The van der Waals surface area contributed by atoms with Crippen LogP contribution < -0.4 is 5.32 Å². The predicted molar refractivity (Wildman–Crippen MR) is 84.1 cm³/mol. The molecule has 0 amide bonds. The van der Waals surface area contributed by atoms with Gasteiger partial charge in [0.05, 0.1) is 5.60 Å². The number of hydrogen-bond acceptors (Lipinski definition) is 4. The van der Waals surface area contributed by atoms with Crippen LogP contribution in [-0.4, -0.2) is 29.8 Å². The maximum Gasteiger partial charge on any atom is 0.0713 e. The Kier molecular flexibility index (Phi) is 4.52. The maximum atomic E-state index is 6.16. The molecule has 1 N–H and O–H groups in total. The summed E-state index contributed by atoms with van der Waals surface area (Å²) in [5, 5.41) is 5.98. The standard InChI is InChI=1S/C15H23NOS2/c1-12(14-3-2-8-19-14)16-13-4-7-17-15(11-13)5-9-18-10-6-15/h2-3,8,12-13,16H,4-7,9-11H2,1H3/t12-,13?/m0/s1. The van der Waals surface area contributed by atoms with E-state index in [0.29, 0.717) is 12.1 Å². The third-order valence-corrected chi connectivity index (χ3v) is 6.39. The van der Waals surface area contributed by atoms with Gasteiger partial charge in [0.25, 0.3) is 0 Å². The molecule has 2 fully saturated rings. The van der Waals surface area contributed by atoms with Crippen LogP contribution in [0, 0.1) is 0 Å². The van der Waals surface area contributed by atoms with Gasteiger partial charge in [0, 0.05) is 23.6 Å². The molecule has 106 valence electrons. The fourth-order valence-corrected chi connectivity index (χ4v) is 5.22. The first-order chi connectivity index (χ1) is 9.27. The summed E-state index contributed by atoms with van der Waals surface area (Å²) >= 11 is 3.93. The van der Waals surface area contributed by atoms with Crippen LogP contribution in [0.3, 0.4) is 0 Å². The van der Waals surface area contributed by atoms with E-state index in [0.717, 1.165) is 13.0 Å². The number of thioether (sulfide) groups is 1. The van der Waals surface area contributed by atoms with Crippen molar-refractivity contribution in [1.29, 1.82) is 0 Å². The van der Waals surface area contributed by atoms with Crippen LogP contribution in [0.2, 0.25) is 0 Å². The van der Waals surface area contributed by atoms with Crippen molar-refractivity contribution in [3.05, 3.63) is 22.4 Å². The van der Waals surface area contributed by atoms with Crippen molar-refractivity contribution in [2.45, 2.75) is 50.3 Å². The second-order valence-corrected chi connectivity index (χ2v) is 7.94. The Hall–Kier alpha value is -0.0300. The molecule has 1 aromatic heterocycles. The normalized spacial score (nSPS) is 28.4. The van der Waals surface area contributed by atoms with Crippen molar-refractivity contribution in [2.24, 2.45) is 0 Å². The van der Waals surface area contributed by atoms with Crippen LogP contribution in [-0.2, 0) is 4.74 Å². The smallest absolute Gasteiger partial charge is 0.0713 e. The third-order valence-electron chi connectivity index (χ3n) is 4.35. The summed E-state index contributed by atoms with van der Waals surface area (Å²) in [6.45, 7) is 3.21. The fourth-order valence-electron chi connectivity index (χ4n) is 3.24. The Bertz CT molecular complexity index is 381. The molecule has 1 aromatic rings. The Morgan fingerprint density at radius 1 is 1.42 bits per heavy atom. The number of ether oxygens (including phenoxy) is 1. The lowest BCUT2D eigenvalue weighted by molar-refractivity contribution is -0.0940. The van der Waals surface area contributed by atoms with Gasteiger partial charge in [-0.15, -0.1) is 11.3 Å². The minimum Gasteiger partial charge on any atom is -0.375 e. The van der Waals surface area contributed by atoms with Crippen LogP contribution in [0.25, 0.3) is 0 Å². The van der Waals surface area contributed by atoms with E-state index in [1.807, 2.05) is 11.3 Å². The second-order valence-electron chi connectivity index (χ2n) is 5.74. The first-order valence-corrected chi connectivity index (χ1v) is 9.32. The highest BCUT2D eigenvalue weighted by molar-refractivity contribution is 7.99. The molecule has 1 spiro atoms. The van der Waals surface area contributed by atoms with Crippen LogP contribution in [0.5, 0.6) is 0 Å². The van der Waals surface area contributed by atoms with Crippen molar-refractivity contribution in [3.63, 3.8) is 0 Å². The van der Waals surface area contributed by atoms with Crippen molar-refractivity contribution in [1.82, 2.24) is 5.32 Å². The van der Waals surface area contributed by atoms with Gasteiger partial charge in [-0.05, 0) is 55.6 Å². The molecule has 4 heteroatoms. The molecule has 0 bridgehead atoms. The molecular weight excluding hydrogens is 274 g/mol. The SMILES string of the molecule is C[C@H](NC1CCOC2(CCSCC2)C1)c1cccs1. The molecule has 0 aliphatic carbocycles. The average Bonchev–Trinajstić information content (AvgIpc) is 2.93. The van der Waals surface area contributed by atoms with Gasteiger partial charge in [-0.1, -0.05) is 6.07 Å². The number of thiophene rings is 1. The van der Waals surface area contributed by atoms with Gasteiger partial charge in [0.15, 0.2) is 0 Å². The molecule has 2 aliphatic heterocycles. The van der Waals surface area contributed by atoms with E-state index in [9.17, 15) is 0 Å². The van der Waals surface area contributed by atoms with E-state index >= 15 is 0 Å². The molecule has 19 heavy (non-hydrogen) atoms. The number of nitrogens with one attached hydrogen (secondary N) is 1. The van der Waals surface area contributed by atoms with Gasteiger partial charge in [-0.2, -0.15) is 11.8 Å². The van der Waals surface area contributed by atoms with Gasteiger partial charge in [-0.25, -0.2) is 0 Å². The predicted octanol–water partition coefficient (Wildman–Crippen LogP) is 3.84. The Morgan fingerprint density at radius 2 is 2.26 bits per heavy atom. The number of rotatable bonds is 3. The lowest BCUT2D eigenvalue weighted by atomic mass is 9.85. The van der Waals surface area contributed by atoms with Crippen LogP contribution >= 0.6 is 23.1 Å². The van der Waals surface area contributed by atoms with Crippen molar-refractivity contribution >= 4 is 23.1 Å². The van der Waals surface area contributed by atoms with Crippen LogP contribution in [0.1, 0.15) is 43.5 Å². The van der Waals surface area contributed by atoms with Gasteiger partial charge in [0.1, 0.15) is 0 Å². The molecule has 0 aromatic carbocycles. The highest BCUT2D eigenvalue weighted by Gasteiger charge is 2.38. The summed E-state index contributed by atoms with van der Waals surface area (Å²) in [6, 6.07) is 5.46. The molecule has 2 nitrogen and oxygen atoms in total. The molecule has 3 heterocycles. The molecule has 2 aliphatic rings. The van der Waals surface area contributed by atoms with Gasteiger partial charge >= 0.3 is 0 Å². The van der Waals surface area contributed by atoms with E-state index in [1.165, 1.54) is 35.6 Å². The highest BCUT2D eigenvalue weighted by atomic mass is 32.2. The molecule has 2 atom stereocenters. The van der Waals surface area contributed by atoms with Crippen molar-refractivity contribution in [2.75, 3.05) is 18.1 Å². The van der Waals surface area contributed by atoms with Gasteiger partial charge in [0.2, 0.25) is 0 Å². The largest absolute Gasteiger partial charge is 0.375 e. The lowest BCUT2D eigenvalue weighted by Crippen LogP contribution is -2.49. The average molecular weight is 297 g/mol. The van der Waals surface area contributed by atoms with Gasteiger partial charge in [-0.3, -0.25) is 0 Å². The van der Waals surface area contributed by atoms with Crippen molar-refractivity contribution in [3.8, 4) is 0 Å². The zero-order valence-electron chi connectivity index (χ0n) is 11.6. The summed E-state index contributed by atoms with van der Waals surface area (Å²) in [7, 11) is 0. The quantitative estimate of drug-likeness (QED) is 0.916. The monoisotopic (exact) mass is 297 g/mol. The summed E-state index contributed by atoms with van der Waals surface area (Å²) in [6.07, 6.45) is 4.83. The van der Waals surface area contributed by atoms with E-state index in [4.69, 9.17) is 4.74 Å². The summed E-state index contributed by atoms with van der Waals surface area (Å²) in [4.78, 5) is 1.44. The summed E-state index contributed by atoms with van der Waals surface area (Å²) < 4.78 is 6.16.